The standard InChI is InChI=1S/C86H68N4/c1-53-80(56-27-17-10-18-28-56)69(61-37-44-74-78(48-61)89-75-45-58(54-23-13-8-14-24-54)33-34-62(75)49-79(89)88(74)65-31-21-12-22-32-65)52-70(81(53)83-66-41-38-63(85(2,3)4)50-71(66)72-51-64(86(5,6)7)39-42-67(72)83)60-35-40-68-76(47-60)90-77-46-59(55-25-15-9-16-26-55)36-43-73(77)87-84(90)82(68)57-29-19-11-20-30-57/h8-52,82-83H,1-7H3. The molecular weight excluding hydrogens is 1090 g/mol. The van der Waals surface area contributed by atoms with E-state index in [0.717, 1.165) is 44.8 Å². The molecule has 1 aliphatic heterocycles. The predicted octanol–water partition coefficient (Wildman–Crippen LogP) is 22.3. The van der Waals surface area contributed by atoms with Gasteiger partial charge in [-0.1, -0.05) is 254 Å². The molecule has 4 nitrogen and oxygen atoms in total. The fourth-order valence-corrected chi connectivity index (χ4v) is 15.2. The van der Waals surface area contributed by atoms with E-state index < -0.39 is 0 Å². The summed E-state index contributed by atoms with van der Waals surface area (Å²) in [6, 6.07) is 103. The van der Waals surface area contributed by atoms with E-state index in [9.17, 15) is 0 Å². The number of benzene rings is 12. The molecule has 0 saturated carbocycles. The van der Waals surface area contributed by atoms with Crippen molar-refractivity contribution < 1.29 is 0 Å². The highest BCUT2D eigenvalue weighted by atomic mass is 15.1. The maximum absolute atomic E-state index is 5.56. The molecule has 15 aromatic rings. The normalized spacial score (nSPS) is 13.8. The van der Waals surface area contributed by atoms with E-state index in [1.807, 2.05) is 0 Å². The summed E-state index contributed by atoms with van der Waals surface area (Å²) < 4.78 is 7.42. The molecule has 0 fully saturated rings. The smallest absolute Gasteiger partial charge is 0.126 e. The van der Waals surface area contributed by atoms with Gasteiger partial charge in [-0.3, -0.25) is 13.5 Å². The molecule has 0 bridgehead atoms. The molecule has 90 heavy (non-hydrogen) atoms. The highest BCUT2D eigenvalue weighted by Crippen LogP contribution is 2.56. The van der Waals surface area contributed by atoms with Gasteiger partial charge < -0.3 is 0 Å². The summed E-state index contributed by atoms with van der Waals surface area (Å²) in [6.45, 7) is 16.5. The molecule has 0 N–H and O–H groups in total. The minimum atomic E-state index is -0.0694. The van der Waals surface area contributed by atoms with Crippen LogP contribution in [0.4, 0.5) is 0 Å². The minimum absolute atomic E-state index is 0.0375. The molecule has 0 saturated heterocycles. The summed E-state index contributed by atoms with van der Waals surface area (Å²) >= 11 is 0. The van der Waals surface area contributed by atoms with Crippen LogP contribution in [-0.2, 0) is 10.8 Å². The van der Waals surface area contributed by atoms with Crippen LogP contribution in [0.1, 0.15) is 104 Å². The van der Waals surface area contributed by atoms with Gasteiger partial charge in [-0.05, 0) is 190 Å². The predicted molar refractivity (Wildman–Crippen MR) is 376 cm³/mol. The van der Waals surface area contributed by atoms with Gasteiger partial charge in [0, 0.05) is 17.0 Å². The first-order chi connectivity index (χ1) is 43.8. The summed E-state index contributed by atoms with van der Waals surface area (Å²) in [5, 5.41) is 1.20. The van der Waals surface area contributed by atoms with Crippen LogP contribution >= 0.6 is 0 Å². The SMILES string of the molecule is Cc1c(-c2ccccc2)c(-c2ccc3c(c2)n2c4cc(-c5ccccc5)ccc4cc2n3-c2ccccc2)cc(-c2ccc3c(c2)-n2c(nc4ccc(-c5ccccc5)cc42)C3c2ccccc2)c1C1c2ccc(C(C)(C)C)cc2-c2cc(C(C)(C)C)ccc21. The third-order valence-electron chi connectivity index (χ3n) is 19.7. The average Bonchev–Trinajstić information content (AvgIpc) is 1.52. The van der Waals surface area contributed by atoms with E-state index in [0.29, 0.717) is 0 Å². The van der Waals surface area contributed by atoms with Gasteiger partial charge in [0.05, 0.1) is 39.2 Å². The van der Waals surface area contributed by atoms with E-state index in [1.165, 1.54) is 122 Å². The molecule has 432 valence electrons. The summed E-state index contributed by atoms with van der Waals surface area (Å²) in [4.78, 5) is 5.56. The van der Waals surface area contributed by atoms with Gasteiger partial charge in [-0.15, -0.1) is 0 Å². The molecule has 12 aromatic carbocycles. The van der Waals surface area contributed by atoms with E-state index in [2.05, 4.69) is 335 Å². The Morgan fingerprint density at radius 3 is 1.50 bits per heavy atom. The largest absolute Gasteiger partial charge is 0.295 e. The fraction of sp³-hybridized carbons (Fsp3) is 0.128. The summed E-state index contributed by atoms with van der Waals surface area (Å²) in [5.74, 6) is 0.923. The molecule has 2 aliphatic rings. The van der Waals surface area contributed by atoms with Crippen molar-refractivity contribution in [2.24, 2.45) is 0 Å². The van der Waals surface area contributed by atoms with Gasteiger partial charge in [-0.25, -0.2) is 4.98 Å². The third-order valence-corrected chi connectivity index (χ3v) is 19.7. The van der Waals surface area contributed by atoms with Gasteiger partial charge in [0.25, 0.3) is 0 Å². The number of imidazole rings is 2. The molecule has 3 aromatic heterocycles. The Morgan fingerprint density at radius 1 is 0.356 bits per heavy atom. The first-order valence-corrected chi connectivity index (χ1v) is 31.8. The molecule has 0 radical (unpaired) electrons. The molecule has 17 rings (SSSR count). The Bertz CT molecular complexity index is 5300. The van der Waals surface area contributed by atoms with Crippen molar-refractivity contribution in [1.29, 1.82) is 0 Å². The monoisotopic (exact) mass is 1160 g/mol. The second kappa shape index (κ2) is 20.2. The minimum Gasteiger partial charge on any atom is -0.295 e. The van der Waals surface area contributed by atoms with E-state index in [1.54, 1.807) is 0 Å². The lowest BCUT2D eigenvalue weighted by molar-refractivity contribution is 0.589. The zero-order valence-corrected chi connectivity index (χ0v) is 51.9. The number of aromatic nitrogens is 4. The number of hydrogen-bond acceptors (Lipinski definition) is 1. The summed E-state index contributed by atoms with van der Waals surface area (Å²) in [6.07, 6.45) is 0. The van der Waals surface area contributed by atoms with Crippen LogP contribution in [0.15, 0.2) is 273 Å². The topological polar surface area (TPSA) is 27.2 Å². The van der Waals surface area contributed by atoms with Crippen LogP contribution in [0, 0.1) is 6.92 Å². The first kappa shape index (κ1) is 53.7. The van der Waals surface area contributed by atoms with Crippen LogP contribution in [0.3, 0.4) is 0 Å². The zero-order valence-electron chi connectivity index (χ0n) is 51.9. The molecule has 1 atom stereocenters. The molecule has 1 aliphatic carbocycles. The fourth-order valence-electron chi connectivity index (χ4n) is 15.2. The van der Waals surface area contributed by atoms with Gasteiger partial charge in [0.1, 0.15) is 11.5 Å². The molecule has 1 unspecified atom stereocenters. The van der Waals surface area contributed by atoms with E-state index in [4.69, 9.17) is 4.98 Å². The van der Waals surface area contributed by atoms with Crippen molar-refractivity contribution in [3.63, 3.8) is 0 Å². The number of nitrogens with zero attached hydrogens (tertiary/aromatic N) is 4. The lowest BCUT2D eigenvalue weighted by Gasteiger charge is -2.27. The number of rotatable bonds is 8. The van der Waals surface area contributed by atoms with Crippen molar-refractivity contribution in [1.82, 2.24) is 18.5 Å². The van der Waals surface area contributed by atoms with Gasteiger partial charge in [0.15, 0.2) is 0 Å². The van der Waals surface area contributed by atoms with Crippen LogP contribution < -0.4 is 0 Å². The summed E-state index contributed by atoms with van der Waals surface area (Å²) in [7, 11) is 0. The highest BCUT2D eigenvalue weighted by Gasteiger charge is 2.38. The zero-order chi connectivity index (χ0) is 60.7. The van der Waals surface area contributed by atoms with Crippen LogP contribution in [0.2, 0.25) is 0 Å². The molecule has 4 heterocycles. The van der Waals surface area contributed by atoms with Crippen LogP contribution in [-0.4, -0.2) is 18.5 Å². The molecular formula is C86H68N4. The number of hydrogen-bond donors (Lipinski definition) is 0. The van der Waals surface area contributed by atoms with Crippen molar-refractivity contribution >= 4 is 38.6 Å². The number of fused-ring (bicyclic) bond motifs is 13. The number of para-hydroxylation sites is 1. The second-order valence-electron chi connectivity index (χ2n) is 27.1. The Balaban J connectivity index is 0.972. The third kappa shape index (κ3) is 8.45. The van der Waals surface area contributed by atoms with Gasteiger partial charge in [-0.2, -0.15) is 0 Å². The van der Waals surface area contributed by atoms with E-state index in [-0.39, 0.29) is 22.7 Å². The molecule has 0 amide bonds. The Labute approximate surface area is 526 Å². The maximum Gasteiger partial charge on any atom is 0.126 e. The average molecular weight is 1160 g/mol. The Hall–Kier alpha value is -10.6. The van der Waals surface area contributed by atoms with Gasteiger partial charge in [0.2, 0.25) is 0 Å². The molecule has 4 heteroatoms. The lowest BCUT2D eigenvalue weighted by atomic mass is 9.76. The Kier molecular flexibility index (Phi) is 12.1. The van der Waals surface area contributed by atoms with Crippen molar-refractivity contribution in [3.8, 4) is 78.1 Å². The van der Waals surface area contributed by atoms with Crippen LogP contribution in [0.25, 0.3) is 117 Å². The Morgan fingerprint density at radius 2 is 0.878 bits per heavy atom. The second-order valence-corrected chi connectivity index (χ2v) is 27.1. The van der Waals surface area contributed by atoms with Crippen LogP contribution in [0.5, 0.6) is 0 Å². The first-order valence-electron chi connectivity index (χ1n) is 31.8. The van der Waals surface area contributed by atoms with Crippen molar-refractivity contribution in [2.45, 2.75) is 71.1 Å². The molecule has 0 spiro atoms. The maximum atomic E-state index is 5.56. The van der Waals surface area contributed by atoms with Crippen molar-refractivity contribution in [3.05, 3.63) is 323 Å². The quantitative estimate of drug-likeness (QED) is 0.149. The summed E-state index contributed by atoms with van der Waals surface area (Å²) in [5.41, 5.74) is 34.0. The van der Waals surface area contributed by atoms with E-state index >= 15 is 0 Å². The van der Waals surface area contributed by atoms with Crippen molar-refractivity contribution in [2.75, 3.05) is 0 Å². The highest BCUT2D eigenvalue weighted by molar-refractivity contribution is 6.01. The lowest BCUT2D eigenvalue weighted by Crippen LogP contribution is -2.11. The van der Waals surface area contributed by atoms with Gasteiger partial charge >= 0.3 is 0 Å².